The molecule has 4 nitrogen and oxygen atoms in total. The van der Waals surface area contributed by atoms with Crippen LogP contribution in [0.4, 0.5) is 0 Å². The third-order valence-electron chi connectivity index (χ3n) is 4.33. The Kier molecular flexibility index (Phi) is 6.04. The van der Waals surface area contributed by atoms with Crippen LogP contribution < -0.4 is 10.0 Å². The molecule has 0 spiro atoms. The molecule has 0 amide bonds. The summed E-state index contributed by atoms with van der Waals surface area (Å²) in [4.78, 5) is 0.363. The Balaban J connectivity index is 0.00000208. The molecule has 3 rings (SSSR count). The second-order valence-electron chi connectivity index (χ2n) is 6.08. The fourth-order valence-electron chi connectivity index (χ4n) is 3.04. The van der Waals surface area contributed by atoms with Crippen molar-refractivity contribution in [3.05, 3.63) is 64.7 Å². The Morgan fingerprint density at radius 2 is 1.92 bits per heavy atom. The van der Waals surface area contributed by atoms with Crippen LogP contribution in [0.1, 0.15) is 28.3 Å². The minimum absolute atomic E-state index is 0. The highest BCUT2D eigenvalue weighted by Gasteiger charge is 2.23. The topological polar surface area (TPSA) is 58.2 Å². The van der Waals surface area contributed by atoms with Gasteiger partial charge < -0.3 is 5.32 Å². The van der Waals surface area contributed by atoms with Crippen molar-refractivity contribution in [2.75, 3.05) is 13.1 Å². The van der Waals surface area contributed by atoms with Crippen molar-refractivity contribution in [1.82, 2.24) is 10.0 Å². The van der Waals surface area contributed by atoms with E-state index in [1.807, 2.05) is 38.1 Å². The molecule has 0 radical (unpaired) electrons. The lowest BCUT2D eigenvalue weighted by Crippen LogP contribution is -2.39. The number of hydrogen-bond acceptors (Lipinski definition) is 3. The van der Waals surface area contributed by atoms with Gasteiger partial charge in [-0.2, -0.15) is 0 Å². The molecule has 1 aliphatic heterocycles. The zero-order valence-corrected chi connectivity index (χ0v) is 15.5. The van der Waals surface area contributed by atoms with Gasteiger partial charge in [-0.3, -0.25) is 0 Å². The summed E-state index contributed by atoms with van der Waals surface area (Å²) in [6.45, 7) is 4.94. The Hall–Kier alpha value is -1.40. The molecular weight excluding hydrogens is 344 g/mol. The largest absolute Gasteiger partial charge is 0.308 e. The molecule has 130 valence electrons. The number of rotatable bonds is 4. The summed E-state index contributed by atoms with van der Waals surface area (Å²) in [6.07, 6.45) is 0.983. The Bertz CT molecular complexity index is 822. The van der Waals surface area contributed by atoms with Crippen LogP contribution in [-0.4, -0.2) is 21.5 Å². The Labute approximate surface area is 150 Å². The molecule has 1 aliphatic rings. The lowest BCUT2D eigenvalue weighted by atomic mass is 9.95. The molecule has 0 fully saturated rings. The van der Waals surface area contributed by atoms with Gasteiger partial charge in [-0.25, -0.2) is 13.1 Å². The van der Waals surface area contributed by atoms with E-state index in [0.29, 0.717) is 11.4 Å². The standard InChI is InChI=1S/C18H22N2O2S.ClH/c1-13-7-8-14(2)18(11-13)23(21,22)20-12-17-16-6-4-3-5-15(16)9-10-19-17;/h3-8,11,17,19-20H,9-10,12H2,1-2H3;1H. The van der Waals surface area contributed by atoms with Crippen molar-refractivity contribution in [2.45, 2.75) is 31.2 Å². The zero-order valence-electron chi connectivity index (χ0n) is 13.9. The van der Waals surface area contributed by atoms with Gasteiger partial charge in [0.25, 0.3) is 0 Å². The predicted molar refractivity (Wildman–Crippen MR) is 99.2 cm³/mol. The molecule has 0 saturated heterocycles. The van der Waals surface area contributed by atoms with Crippen LogP contribution in [0.5, 0.6) is 0 Å². The maximum atomic E-state index is 12.6. The van der Waals surface area contributed by atoms with Gasteiger partial charge in [0, 0.05) is 12.6 Å². The molecule has 2 aromatic rings. The van der Waals surface area contributed by atoms with Gasteiger partial charge in [-0.15, -0.1) is 12.4 Å². The minimum Gasteiger partial charge on any atom is -0.308 e. The minimum atomic E-state index is -3.51. The van der Waals surface area contributed by atoms with Gasteiger partial charge in [0.1, 0.15) is 0 Å². The summed E-state index contributed by atoms with van der Waals surface area (Å²) in [5, 5.41) is 3.40. The number of sulfonamides is 1. The van der Waals surface area contributed by atoms with E-state index in [4.69, 9.17) is 0 Å². The van der Waals surface area contributed by atoms with Crippen molar-refractivity contribution in [2.24, 2.45) is 0 Å². The summed E-state index contributed by atoms with van der Waals surface area (Å²) < 4.78 is 28.0. The summed E-state index contributed by atoms with van der Waals surface area (Å²) in [7, 11) is -3.51. The van der Waals surface area contributed by atoms with Gasteiger partial charge in [0.15, 0.2) is 0 Å². The average molecular weight is 367 g/mol. The van der Waals surface area contributed by atoms with Crippen molar-refractivity contribution in [1.29, 1.82) is 0 Å². The summed E-state index contributed by atoms with van der Waals surface area (Å²) in [5.74, 6) is 0. The van der Waals surface area contributed by atoms with Crippen molar-refractivity contribution in [3.8, 4) is 0 Å². The first kappa shape index (κ1) is 18.9. The number of fused-ring (bicyclic) bond motifs is 1. The number of hydrogen-bond donors (Lipinski definition) is 2. The molecule has 0 aliphatic carbocycles. The molecule has 0 saturated carbocycles. The molecule has 1 heterocycles. The zero-order chi connectivity index (χ0) is 16.4. The van der Waals surface area contributed by atoms with E-state index in [0.717, 1.165) is 24.1 Å². The predicted octanol–water partition coefficient (Wildman–Crippen LogP) is 2.89. The molecule has 1 unspecified atom stereocenters. The summed E-state index contributed by atoms with van der Waals surface area (Å²) >= 11 is 0. The van der Waals surface area contributed by atoms with E-state index in [9.17, 15) is 8.42 Å². The van der Waals surface area contributed by atoms with Gasteiger partial charge in [0.05, 0.1) is 4.90 Å². The van der Waals surface area contributed by atoms with Crippen LogP contribution in [0, 0.1) is 13.8 Å². The first-order valence-corrected chi connectivity index (χ1v) is 9.34. The van der Waals surface area contributed by atoms with Crippen LogP contribution in [0.15, 0.2) is 47.4 Å². The third-order valence-corrected chi connectivity index (χ3v) is 5.89. The van der Waals surface area contributed by atoms with Gasteiger partial charge >= 0.3 is 0 Å². The molecule has 6 heteroatoms. The lowest BCUT2D eigenvalue weighted by Gasteiger charge is -2.27. The number of halogens is 1. The maximum absolute atomic E-state index is 12.6. The van der Waals surface area contributed by atoms with Gasteiger partial charge in [-0.05, 0) is 55.1 Å². The smallest absolute Gasteiger partial charge is 0.240 e. The highest BCUT2D eigenvalue weighted by Crippen LogP contribution is 2.23. The van der Waals surface area contributed by atoms with Crippen LogP contribution in [0.2, 0.25) is 0 Å². The second-order valence-corrected chi connectivity index (χ2v) is 7.81. The van der Waals surface area contributed by atoms with Crippen molar-refractivity contribution >= 4 is 22.4 Å². The molecule has 1 atom stereocenters. The molecule has 24 heavy (non-hydrogen) atoms. The SMILES string of the molecule is Cc1ccc(C)c(S(=O)(=O)NCC2NCCc3ccccc32)c1.Cl. The second kappa shape index (κ2) is 7.66. The molecule has 2 N–H and O–H groups in total. The summed E-state index contributed by atoms with van der Waals surface area (Å²) in [6, 6.07) is 13.7. The van der Waals surface area contributed by atoms with E-state index < -0.39 is 10.0 Å². The quantitative estimate of drug-likeness (QED) is 0.874. The number of aryl methyl sites for hydroxylation is 2. The molecule has 0 bridgehead atoms. The molecule has 0 aromatic heterocycles. The third kappa shape index (κ3) is 3.98. The maximum Gasteiger partial charge on any atom is 0.240 e. The Morgan fingerprint density at radius 3 is 2.71 bits per heavy atom. The molecular formula is C18H23ClN2O2S. The molecule has 2 aromatic carbocycles. The van der Waals surface area contributed by atoms with E-state index >= 15 is 0 Å². The van der Waals surface area contributed by atoms with Crippen LogP contribution in [-0.2, 0) is 16.4 Å². The normalized spacial score (nSPS) is 17.0. The summed E-state index contributed by atoms with van der Waals surface area (Å²) in [5.41, 5.74) is 4.18. The van der Waals surface area contributed by atoms with Crippen LogP contribution >= 0.6 is 12.4 Å². The average Bonchev–Trinajstić information content (AvgIpc) is 2.55. The first-order chi connectivity index (χ1) is 11.0. The van der Waals surface area contributed by atoms with E-state index in [1.165, 1.54) is 11.1 Å². The van der Waals surface area contributed by atoms with Crippen LogP contribution in [0.3, 0.4) is 0 Å². The fraction of sp³-hybridized carbons (Fsp3) is 0.333. The highest BCUT2D eigenvalue weighted by molar-refractivity contribution is 7.89. The van der Waals surface area contributed by atoms with Crippen molar-refractivity contribution < 1.29 is 8.42 Å². The first-order valence-electron chi connectivity index (χ1n) is 7.85. The highest BCUT2D eigenvalue weighted by atomic mass is 35.5. The number of nitrogens with one attached hydrogen (secondary N) is 2. The lowest BCUT2D eigenvalue weighted by molar-refractivity contribution is 0.491. The van der Waals surface area contributed by atoms with Crippen molar-refractivity contribution in [3.63, 3.8) is 0 Å². The Morgan fingerprint density at radius 1 is 1.17 bits per heavy atom. The van der Waals surface area contributed by atoms with E-state index in [1.54, 1.807) is 6.07 Å². The fourth-order valence-corrected chi connectivity index (χ4v) is 4.42. The monoisotopic (exact) mass is 366 g/mol. The number of benzene rings is 2. The van der Waals surface area contributed by atoms with E-state index in [-0.39, 0.29) is 18.4 Å². The van der Waals surface area contributed by atoms with E-state index in [2.05, 4.69) is 22.2 Å². The van der Waals surface area contributed by atoms with Gasteiger partial charge in [-0.1, -0.05) is 36.4 Å². The van der Waals surface area contributed by atoms with Crippen LogP contribution in [0.25, 0.3) is 0 Å². The van der Waals surface area contributed by atoms with Gasteiger partial charge in [0.2, 0.25) is 10.0 Å².